The fourth-order valence-corrected chi connectivity index (χ4v) is 13.1. The molecule has 1 aliphatic heterocycles. The zero-order chi connectivity index (χ0) is 33.3. The van der Waals surface area contributed by atoms with Crippen LogP contribution in [0.1, 0.15) is 12.8 Å². The van der Waals surface area contributed by atoms with Crippen LogP contribution in [-0.4, -0.2) is 170 Å². The van der Waals surface area contributed by atoms with E-state index in [1.54, 1.807) is 21.3 Å². The van der Waals surface area contributed by atoms with Gasteiger partial charge < -0.3 is 56.7 Å². The van der Waals surface area contributed by atoms with E-state index in [-0.39, 0.29) is 39.6 Å². The van der Waals surface area contributed by atoms with Crippen molar-refractivity contribution in [1.82, 2.24) is 20.0 Å². The third-order valence-corrected chi connectivity index (χ3v) is 14.3. The van der Waals surface area contributed by atoms with Crippen LogP contribution in [0.5, 0.6) is 0 Å². The van der Waals surface area contributed by atoms with Gasteiger partial charge in [0.05, 0.1) is 79.3 Å². The Morgan fingerprint density at radius 2 is 0.889 bits per heavy atom. The zero-order valence-corrected chi connectivity index (χ0v) is 31.1. The third kappa shape index (κ3) is 21.0. The quantitative estimate of drug-likeness (QED) is 0.0708. The fourth-order valence-electron chi connectivity index (χ4n) is 3.55. The van der Waals surface area contributed by atoms with E-state index in [0.29, 0.717) is 52.7 Å². The van der Waals surface area contributed by atoms with Crippen LogP contribution in [0.2, 0.25) is 0 Å². The minimum Gasteiger partial charge on any atom is -0.382 e. The maximum absolute atomic E-state index is 11.9. The van der Waals surface area contributed by atoms with Crippen LogP contribution in [-0.2, 0) is 42.0 Å². The maximum Gasteiger partial charge on any atom is 0.344 e. The lowest BCUT2D eigenvalue weighted by Crippen LogP contribution is -2.24. The Morgan fingerprint density at radius 3 is 1.29 bits per heavy atom. The smallest absolute Gasteiger partial charge is 0.344 e. The molecule has 0 bridgehead atoms. The first-order valence-electron chi connectivity index (χ1n) is 15.2. The average molecular weight is 712 g/mol. The first kappa shape index (κ1) is 43.2. The van der Waals surface area contributed by atoms with Crippen LogP contribution in [0.4, 0.5) is 0 Å². The molecule has 0 radical (unpaired) electrons. The van der Waals surface area contributed by atoms with Gasteiger partial charge in [0, 0.05) is 34.4 Å². The molecule has 0 aromatic carbocycles. The molecule has 3 unspecified atom stereocenters. The van der Waals surface area contributed by atoms with Gasteiger partial charge in [-0.15, -0.1) is 0 Å². The molecule has 0 aromatic heterocycles. The molecule has 0 spiro atoms. The van der Waals surface area contributed by atoms with Gasteiger partial charge in [0.2, 0.25) is 0 Å². The highest BCUT2D eigenvalue weighted by Crippen LogP contribution is 2.75. The van der Waals surface area contributed by atoms with E-state index in [4.69, 9.17) is 55.5 Å². The van der Waals surface area contributed by atoms with Crippen LogP contribution >= 0.6 is 22.8 Å². The Bertz CT molecular complexity index is 883. The summed E-state index contributed by atoms with van der Waals surface area (Å²) in [6.07, 6.45) is 1.59. The van der Waals surface area contributed by atoms with E-state index >= 15 is 0 Å². The second kappa shape index (κ2) is 26.1. The van der Waals surface area contributed by atoms with Crippen molar-refractivity contribution in [1.29, 1.82) is 0 Å². The highest BCUT2D eigenvalue weighted by Gasteiger charge is 2.39. The van der Waals surface area contributed by atoms with Gasteiger partial charge in [0.1, 0.15) is 0 Å². The summed E-state index contributed by atoms with van der Waals surface area (Å²) < 4.78 is 65.3. The number of methoxy groups -OCH3 is 3. The summed E-state index contributed by atoms with van der Waals surface area (Å²) in [5.74, 6) is 0. The molecule has 0 saturated carbocycles. The molecular formula is C25H60N7O10P3. The van der Waals surface area contributed by atoms with E-state index < -0.39 is 22.8 Å². The minimum absolute atomic E-state index is 0.0580. The molecule has 20 heteroatoms. The number of nitrogens with zero attached hydrogens (tertiary/aromatic N) is 5. The van der Waals surface area contributed by atoms with Crippen molar-refractivity contribution in [3.8, 4) is 0 Å². The fraction of sp³-hybridized carbons (Fsp3) is 1.00. The second-order valence-electron chi connectivity index (χ2n) is 10.3. The van der Waals surface area contributed by atoms with E-state index in [2.05, 4.69) is 20.0 Å². The van der Waals surface area contributed by atoms with Crippen molar-refractivity contribution in [2.45, 2.75) is 12.8 Å². The number of hydrogen-bond acceptors (Lipinski definition) is 16. The number of hydrogen-bond donors (Lipinski definition) is 3. The first-order valence-corrected chi connectivity index (χ1v) is 20.0. The molecule has 270 valence electrons. The maximum atomic E-state index is 11.9. The highest BCUT2D eigenvalue weighted by atomic mass is 31.3. The van der Waals surface area contributed by atoms with E-state index in [0.717, 1.165) is 25.9 Å². The topological polar surface area (TPSA) is 171 Å². The Kier molecular flexibility index (Phi) is 25.0. The van der Waals surface area contributed by atoms with Gasteiger partial charge in [-0.3, -0.25) is 0 Å². The summed E-state index contributed by atoms with van der Waals surface area (Å²) in [6, 6.07) is 0. The summed E-state index contributed by atoms with van der Waals surface area (Å²) in [7, 11) is 2.54. The molecule has 3 atom stereocenters. The average Bonchev–Trinajstić information content (AvgIpc) is 2.99. The molecule has 3 N–H and O–H groups in total. The Balaban J connectivity index is 3.44. The lowest BCUT2D eigenvalue weighted by molar-refractivity contribution is 0.0535. The van der Waals surface area contributed by atoms with Crippen LogP contribution in [0.25, 0.3) is 0 Å². The lowest BCUT2D eigenvalue weighted by atomic mass is 10.4. The Hall–Kier alpha value is 0.130. The van der Waals surface area contributed by atoms with Crippen molar-refractivity contribution in [2.24, 2.45) is 13.5 Å². The number of ether oxygens (including phenoxy) is 6. The van der Waals surface area contributed by atoms with E-state index in [1.807, 2.05) is 28.2 Å². The molecule has 0 aromatic rings. The molecule has 45 heavy (non-hydrogen) atoms. The summed E-state index contributed by atoms with van der Waals surface area (Å²) in [6.45, 7) is 6.56. The minimum atomic E-state index is -3.80. The largest absolute Gasteiger partial charge is 0.382 e. The van der Waals surface area contributed by atoms with Crippen molar-refractivity contribution in [3.05, 3.63) is 0 Å². The molecule has 0 aliphatic carbocycles. The van der Waals surface area contributed by atoms with Crippen LogP contribution in [0.3, 0.4) is 0 Å². The molecule has 0 amide bonds. The van der Waals surface area contributed by atoms with E-state index in [1.165, 1.54) is 0 Å². The molecular weight excluding hydrogens is 651 g/mol. The summed E-state index contributed by atoms with van der Waals surface area (Å²) in [4.78, 5) is 16.1. The molecule has 17 nitrogen and oxygen atoms in total. The zero-order valence-electron chi connectivity index (χ0n) is 28.4. The van der Waals surface area contributed by atoms with Crippen LogP contribution < -0.4 is 10.2 Å². The SMILES string of the molecule is COCCOCCOP1(O)=NP(NCCCN(C)C)(OCCOCCOC)=NP(NCCCN(C)C)(OCCOCCOC)=N1. The number of rotatable bonds is 31. The third-order valence-electron chi connectivity index (χ3n) is 5.70. The van der Waals surface area contributed by atoms with Crippen molar-refractivity contribution < 1.29 is 46.9 Å². The normalized spacial score (nSPS) is 23.3. The Morgan fingerprint density at radius 1 is 0.511 bits per heavy atom. The highest BCUT2D eigenvalue weighted by molar-refractivity contribution is 7.79. The summed E-state index contributed by atoms with van der Waals surface area (Å²) in [5, 5.41) is 6.86. The second-order valence-corrected chi connectivity index (χ2v) is 17.1. The summed E-state index contributed by atoms with van der Waals surface area (Å²) >= 11 is 0. The molecule has 1 aliphatic rings. The molecule has 0 fully saturated rings. The van der Waals surface area contributed by atoms with Gasteiger partial charge in [-0.25, -0.2) is 10.2 Å². The molecule has 1 rings (SSSR count). The van der Waals surface area contributed by atoms with E-state index in [9.17, 15) is 4.89 Å². The first-order chi connectivity index (χ1) is 21.6. The van der Waals surface area contributed by atoms with Gasteiger partial charge in [-0.05, 0) is 54.1 Å². The van der Waals surface area contributed by atoms with Gasteiger partial charge in [0.15, 0.2) is 0 Å². The van der Waals surface area contributed by atoms with Crippen LogP contribution in [0.15, 0.2) is 13.5 Å². The standard InChI is InChI=1S/C25H60N7O10P3/c1-31(2)12-8-10-26-43(40-23-20-37-17-14-34-5)28-44(27-11-9-13-32(3)4,41-24-21-38-18-15-35-6)30-45(33,29-43)42-25-22-39-19-16-36-7/h26-27,33H,8-25H2,1-7H3. The van der Waals surface area contributed by atoms with Crippen molar-refractivity contribution in [3.63, 3.8) is 0 Å². The lowest BCUT2D eigenvalue weighted by Gasteiger charge is -2.33. The van der Waals surface area contributed by atoms with Gasteiger partial charge >= 0.3 is 7.66 Å². The van der Waals surface area contributed by atoms with Gasteiger partial charge in [0.25, 0.3) is 15.2 Å². The van der Waals surface area contributed by atoms with Gasteiger partial charge in [-0.1, -0.05) is 0 Å². The Labute approximate surface area is 271 Å². The molecule has 1 heterocycles. The van der Waals surface area contributed by atoms with Gasteiger partial charge in [-0.2, -0.15) is 13.5 Å². The summed E-state index contributed by atoms with van der Waals surface area (Å²) in [5.41, 5.74) is 0. The van der Waals surface area contributed by atoms with Crippen molar-refractivity contribution in [2.75, 3.05) is 155 Å². The predicted molar refractivity (Wildman–Crippen MR) is 179 cm³/mol. The monoisotopic (exact) mass is 711 g/mol. The number of nitrogens with one attached hydrogen (secondary N) is 2. The van der Waals surface area contributed by atoms with Crippen LogP contribution in [0, 0.1) is 0 Å². The predicted octanol–water partition coefficient (Wildman–Crippen LogP) is 2.95. The molecule has 0 saturated heterocycles. The van der Waals surface area contributed by atoms with Crippen molar-refractivity contribution >= 4 is 22.8 Å².